The van der Waals surface area contributed by atoms with Crippen LogP contribution < -0.4 is 10.6 Å². The van der Waals surface area contributed by atoms with Gasteiger partial charge in [-0.1, -0.05) is 36.4 Å². The molecule has 0 atom stereocenters. The van der Waals surface area contributed by atoms with Crippen LogP contribution in [0, 0.1) is 0 Å². The maximum atomic E-state index is 12.1. The zero-order chi connectivity index (χ0) is 16.2. The average Bonchev–Trinajstić information content (AvgIpc) is 2.49. The minimum atomic E-state index is -4.92. The molecule has 2 aromatic carbocycles. The van der Waals surface area contributed by atoms with E-state index in [2.05, 4.69) is 5.32 Å². The largest absolute Gasteiger partial charge is 0.471 e. The van der Waals surface area contributed by atoms with Gasteiger partial charge in [-0.3, -0.25) is 9.59 Å². The fourth-order valence-electron chi connectivity index (χ4n) is 1.97. The fraction of sp³-hybridized carbons (Fsp3) is 0.200. The van der Waals surface area contributed by atoms with E-state index < -0.39 is 18.0 Å². The van der Waals surface area contributed by atoms with E-state index in [0.717, 1.165) is 10.8 Å². The van der Waals surface area contributed by atoms with Gasteiger partial charge in [0.15, 0.2) is 0 Å². The number of carbonyl (C=O) groups is 2. The van der Waals surface area contributed by atoms with Crippen molar-refractivity contribution in [1.82, 2.24) is 10.6 Å². The SMILES string of the molecule is O=C(NCCNC(=O)C(F)(F)F)c1cccc2ccccc12. The van der Waals surface area contributed by atoms with Crippen molar-refractivity contribution in [3.63, 3.8) is 0 Å². The van der Waals surface area contributed by atoms with Crippen molar-refractivity contribution in [1.29, 1.82) is 0 Å². The number of fused-ring (bicyclic) bond motifs is 1. The number of nitrogens with one attached hydrogen (secondary N) is 2. The van der Waals surface area contributed by atoms with Gasteiger partial charge in [0.2, 0.25) is 0 Å². The first kappa shape index (κ1) is 15.8. The summed E-state index contributed by atoms with van der Waals surface area (Å²) in [4.78, 5) is 22.7. The van der Waals surface area contributed by atoms with Crippen molar-refractivity contribution < 1.29 is 22.8 Å². The van der Waals surface area contributed by atoms with Crippen LogP contribution in [0.3, 0.4) is 0 Å². The van der Waals surface area contributed by atoms with Gasteiger partial charge in [0.1, 0.15) is 0 Å². The van der Waals surface area contributed by atoms with Gasteiger partial charge in [-0.25, -0.2) is 0 Å². The lowest BCUT2D eigenvalue weighted by Crippen LogP contribution is -2.41. The van der Waals surface area contributed by atoms with Gasteiger partial charge in [-0.05, 0) is 16.8 Å². The van der Waals surface area contributed by atoms with Crippen LogP contribution in [0.4, 0.5) is 13.2 Å². The van der Waals surface area contributed by atoms with E-state index in [-0.39, 0.29) is 13.1 Å². The smallest absolute Gasteiger partial charge is 0.350 e. The number of hydrogen-bond acceptors (Lipinski definition) is 2. The van der Waals surface area contributed by atoms with Crippen LogP contribution in [0.1, 0.15) is 10.4 Å². The quantitative estimate of drug-likeness (QED) is 0.851. The van der Waals surface area contributed by atoms with Crippen LogP contribution in [-0.4, -0.2) is 31.1 Å². The summed E-state index contributed by atoms with van der Waals surface area (Å²) in [5, 5.41) is 5.81. The van der Waals surface area contributed by atoms with Crippen molar-refractivity contribution in [2.75, 3.05) is 13.1 Å². The lowest BCUT2D eigenvalue weighted by molar-refractivity contribution is -0.173. The Morgan fingerprint density at radius 3 is 2.27 bits per heavy atom. The molecule has 0 radical (unpaired) electrons. The number of alkyl halides is 3. The minimum Gasteiger partial charge on any atom is -0.350 e. The van der Waals surface area contributed by atoms with E-state index in [4.69, 9.17) is 0 Å². The molecular weight excluding hydrogens is 297 g/mol. The minimum absolute atomic E-state index is 0.0934. The summed E-state index contributed by atoms with van der Waals surface area (Å²) in [7, 11) is 0. The van der Waals surface area contributed by atoms with E-state index >= 15 is 0 Å². The molecule has 0 aliphatic carbocycles. The molecule has 2 N–H and O–H groups in total. The highest BCUT2D eigenvalue weighted by Crippen LogP contribution is 2.18. The van der Waals surface area contributed by atoms with Gasteiger partial charge in [0.25, 0.3) is 5.91 Å². The Morgan fingerprint density at radius 1 is 0.909 bits per heavy atom. The van der Waals surface area contributed by atoms with Gasteiger partial charge in [-0.2, -0.15) is 13.2 Å². The molecule has 0 aliphatic heterocycles. The van der Waals surface area contributed by atoms with E-state index in [0.29, 0.717) is 5.56 Å². The van der Waals surface area contributed by atoms with Crippen molar-refractivity contribution in [2.45, 2.75) is 6.18 Å². The molecule has 0 saturated heterocycles. The Bertz CT molecular complexity index is 693. The second-order valence-electron chi connectivity index (χ2n) is 4.54. The third-order valence-electron chi connectivity index (χ3n) is 2.99. The molecular formula is C15H13F3N2O2. The molecule has 7 heteroatoms. The van der Waals surface area contributed by atoms with Gasteiger partial charge in [-0.15, -0.1) is 0 Å². The Kier molecular flexibility index (Phi) is 4.65. The zero-order valence-electron chi connectivity index (χ0n) is 11.4. The first-order chi connectivity index (χ1) is 10.4. The van der Waals surface area contributed by atoms with Gasteiger partial charge in [0.05, 0.1) is 0 Å². The van der Waals surface area contributed by atoms with Crippen LogP contribution in [0.25, 0.3) is 10.8 Å². The monoisotopic (exact) mass is 310 g/mol. The van der Waals surface area contributed by atoms with Crippen LogP contribution in [0.15, 0.2) is 42.5 Å². The molecule has 0 heterocycles. The Labute approximate surface area is 124 Å². The van der Waals surface area contributed by atoms with Crippen molar-refractivity contribution in [2.24, 2.45) is 0 Å². The second-order valence-corrected chi connectivity index (χ2v) is 4.54. The van der Waals surface area contributed by atoms with Crippen LogP contribution >= 0.6 is 0 Å². The maximum Gasteiger partial charge on any atom is 0.471 e. The first-order valence-corrected chi connectivity index (χ1v) is 6.50. The Balaban J connectivity index is 1.94. The molecule has 0 fully saturated rings. The third kappa shape index (κ3) is 3.75. The number of benzene rings is 2. The topological polar surface area (TPSA) is 58.2 Å². The number of hydrogen-bond donors (Lipinski definition) is 2. The van der Waals surface area contributed by atoms with Crippen LogP contribution in [-0.2, 0) is 4.79 Å². The molecule has 2 amide bonds. The lowest BCUT2D eigenvalue weighted by Gasteiger charge is -2.10. The van der Waals surface area contributed by atoms with Crippen molar-refractivity contribution in [3.8, 4) is 0 Å². The highest BCUT2D eigenvalue weighted by Gasteiger charge is 2.38. The average molecular weight is 310 g/mol. The summed E-state index contributed by atoms with van der Waals surface area (Å²) in [5.41, 5.74) is 0.431. The van der Waals surface area contributed by atoms with Gasteiger partial charge < -0.3 is 10.6 Å². The fourth-order valence-corrected chi connectivity index (χ4v) is 1.97. The standard InChI is InChI=1S/C15H13F3N2O2/c16-15(17,18)14(22)20-9-8-19-13(21)12-7-3-5-10-4-1-2-6-11(10)12/h1-7H,8-9H2,(H,19,21)(H,20,22). The highest BCUT2D eigenvalue weighted by atomic mass is 19.4. The molecule has 2 aromatic rings. The molecule has 0 aromatic heterocycles. The molecule has 0 spiro atoms. The summed E-state index contributed by atoms with van der Waals surface area (Å²) < 4.78 is 35.9. The highest BCUT2D eigenvalue weighted by molar-refractivity contribution is 6.07. The van der Waals surface area contributed by atoms with E-state index in [9.17, 15) is 22.8 Å². The van der Waals surface area contributed by atoms with E-state index in [1.165, 1.54) is 0 Å². The molecule has 0 bridgehead atoms. The molecule has 4 nitrogen and oxygen atoms in total. The second kappa shape index (κ2) is 6.46. The maximum absolute atomic E-state index is 12.1. The zero-order valence-corrected chi connectivity index (χ0v) is 11.4. The number of amides is 2. The predicted molar refractivity (Wildman–Crippen MR) is 75.3 cm³/mol. The van der Waals surface area contributed by atoms with E-state index in [1.807, 2.05) is 18.2 Å². The summed E-state index contributed by atoms with van der Waals surface area (Å²) in [6, 6.07) is 12.5. The lowest BCUT2D eigenvalue weighted by atomic mass is 10.0. The van der Waals surface area contributed by atoms with Gasteiger partial charge >= 0.3 is 12.1 Å². The first-order valence-electron chi connectivity index (χ1n) is 6.50. The number of carbonyl (C=O) groups excluding carboxylic acids is 2. The molecule has 0 unspecified atom stereocenters. The Morgan fingerprint density at radius 2 is 1.55 bits per heavy atom. The number of rotatable bonds is 4. The number of halogens is 3. The molecule has 0 aliphatic rings. The third-order valence-corrected chi connectivity index (χ3v) is 2.99. The molecule has 2 rings (SSSR count). The summed E-state index contributed by atoms with van der Waals surface area (Å²) in [5.74, 6) is -2.43. The summed E-state index contributed by atoms with van der Waals surface area (Å²) in [6.45, 7) is -0.390. The van der Waals surface area contributed by atoms with Crippen molar-refractivity contribution in [3.05, 3.63) is 48.0 Å². The Hall–Kier alpha value is -2.57. The van der Waals surface area contributed by atoms with Crippen molar-refractivity contribution >= 4 is 22.6 Å². The molecule has 22 heavy (non-hydrogen) atoms. The van der Waals surface area contributed by atoms with E-state index in [1.54, 1.807) is 29.6 Å². The van der Waals surface area contributed by atoms with Crippen LogP contribution in [0.2, 0.25) is 0 Å². The molecule has 0 saturated carbocycles. The van der Waals surface area contributed by atoms with Crippen LogP contribution in [0.5, 0.6) is 0 Å². The summed E-state index contributed by atoms with van der Waals surface area (Å²) >= 11 is 0. The molecule has 116 valence electrons. The predicted octanol–water partition coefficient (Wildman–Crippen LogP) is 2.25. The summed E-state index contributed by atoms with van der Waals surface area (Å²) in [6.07, 6.45) is -4.92. The normalized spacial score (nSPS) is 11.2. The van der Waals surface area contributed by atoms with Gasteiger partial charge in [0, 0.05) is 18.7 Å².